The zero-order valence-corrected chi connectivity index (χ0v) is 29.5. The number of fused-ring (bicyclic) bond motifs is 1. The van der Waals surface area contributed by atoms with Crippen LogP contribution in [-0.4, -0.2) is 68.5 Å². The van der Waals surface area contributed by atoms with Crippen LogP contribution in [0.4, 0.5) is 13.2 Å². The van der Waals surface area contributed by atoms with Crippen molar-refractivity contribution < 1.29 is 31.1 Å². The summed E-state index contributed by atoms with van der Waals surface area (Å²) >= 11 is 6.75. The molecular weight excluding hydrogens is 771 g/mol. The number of nitrogens with zero attached hydrogens (tertiary/aromatic N) is 7. The molecule has 0 bridgehead atoms. The second kappa shape index (κ2) is 13.9. The van der Waals surface area contributed by atoms with Crippen molar-refractivity contribution in [1.29, 1.82) is 0 Å². The molecule has 0 saturated heterocycles. The molecule has 0 aliphatic heterocycles. The molecule has 11 nitrogen and oxygen atoms in total. The summed E-state index contributed by atoms with van der Waals surface area (Å²) in [5.74, 6) is -0.216. The van der Waals surface area contributed by atoms with E-state index in [0.717, 1.165) is 24.9 Å². The van der Waals surface area contributed by atoms with E-state index in [9.17, 15) is 26.4 Å². The number of carbonyl (C=O) groups is 1. The van der Waals surface area contributed by atoms with Gasteiger partial charge in [0.25, 0.3) is 10.0 Å². The van der Waals surface area contributed by atoms with Gasteiger partial charge in [0.1, 0.15) is 0 Å². The van der Waals surface area contributed by atoms with Gasteiger partial charge in [-0.1, -0.05) is 17.7 Å². The third-order valence-electron chi connectivity index (χ3n) is 7.38. The van der Waals surface area contributed by atoms with E-state index in [2.05, 4.69) is 47.0 Å². The van der Waals surface area contributed by atoms with Gasteiger partial charge in [-0.2, -0.15) is 23.4 Å². The van der Waals surface area contributed by atoms with E-state index in [1.807, 2.05) is 6.92 Å². The minimum absolute atomic E-state index is 0.00520. The molecule has 4 aromatic heterocycles. The topological polar surface area (TPSA) is 117 Å². The Morgan fingerprint density at radius 3 is 2.40 bits per heavy atom. The molecule has 0 aliphatic carbocycles. The number of hydrogen-bond donors (Lipinski definition) is 0. The number of hydrogen-bond acceptors (Lipinski definition) is 7. The van der Waals surface area contributed by atoms with Gasteiger partial charge in [0, 0.05) is 72.9 Å². The number of halogens is 5. The first kappa shape index (κ1) is 34.8. The highest BCUT2D eigenvalue weighted by atomic mass is 79.9. The largest absolute Gasteiger partial charge is 0.435 e. The number of methoxy groups -OCH3 is 1. The quantitative estimate of drug-likeness (QED) is 0.146. The monoisotopic (exact) mass is 799 g/mol. The highest BCUT2D eigenvalue weighted by Gasteiger charge is 2.39. The summed E-state index contributed by atoms with van der Waals surface area (Å²) < 4.78 is 80.2. The minimum atomic E-state index is -4.85. The lowest BCUT2D eigenvalue weighted by molar-refractivity contribution is -0.141. The van der Waals surface area contributed by atoms with E-state index in [-0.39, 0.29) is 58.9 Å². The summed E-state index contributed by atoms with van der Waals surface area (Å²) in [5.41, 5.74) is -0.0200. The van der Waals surface area contributed by atoms with Crippen molar-refractivity contribution in [1.82, 2.24) is 33.4 Å². The predicted molar refractivity (Wildman–Crippen MR) is 175 cm³/mol. The van der Waals surface area contributed by atoms with Gasteiger partial charge in [0.15, 0.2) is 11.3 Å². The summed E-state index contributed by atoms with van der Waals surface area (Å²) in [4.78, 5) is 18.6. The molecule has 0 saturated carbocycles. The molecule has 47 heavy (non-hydrogen) atoms. The third-order valence-corrected chi connectivity index (χ3v) is 10.1. The first-order valence-corrected chi connectivity index (χ1v) is 17.3. The Hall–Kier alpha value is -3.54. The molecule has 0 radical (unpaired) electrons. The molecular formula is C30H30Br2F3N7O4S. The van der Waals surface area contributed by atoms with Crippen molar-refractivity contribution in [3.8, 4) is 11.1 Å². The van der Waals surface area contributed by atoms with E-state index >= 15 is 0 Å². The van der Waals surface area contributed by atoms with Crippen molar-refractivity contribution >= 4 is 58.8 Å². The van der Waals surface area contributed by atoms with Crippen LogP contribution in [0.25, 0.3) is 22.2 Å². The molecule has 5 aromatic rings. The molecule has 0 atom stereocenters. The fourth-order valence-corrected chi connectivity index (χ4v) is 7.05. The van der Waals surface area contributed by atoms with Crippen LogP contribution in [0.15, 0.2) is 69.0 Å². The number of alkyl halides is 3. The summed E-state index contributed by atoms with van der Waals surface area (Å²) in [6, 6.07) is 7.65. The normalized spacial score (nSPS) is 12.3. The van der Waals surface area contributed by atoms with Crippen LogP contribution in [0.5, 0.6) is 0 Å². The van der Waals surface area contributed by atoms with Gasteiger partial charge in [-0.25, -0.2) is 17.4 Å². The van der Waals surface area contributed by atoms with Crippen LogP contribution < -0.4 is 0 Å². The lowest BCUT2D eigenvalue weighted by atomic mass is 10.1. The van der Waals surface area contributed by atoms with E-state index in [1.165, 1.54) is 35.5 Å². The van der Waals surface area contributed by atoms with Crippen LogP contribution >= 0.6 is 31.9 Å². The Morgan fingerprint density at radius 2 is 1.72 bits per heavy atom. The minimum Gasteiger partial charge on any atom is -0.383 e. The van der Waals surface area contributed by atoms with E-state index in [4.69, 9.17) is 4.74 Å². The number of ether oxygens (including phenoxy) is 1. The molecule has 0 aliphatic rings. The summed E-state index contributed by atoms with van der Waals surface area (Å²) in [5, 5.41) is 8.46. The first-order chi connectivity index (χ1) is 22.2. The zero-order chi connectivity index (χ0) is 34.1. The van der Waals surface area contributed by atoms with Crippen molar-refractivity contribution in [2.75, 3.05) is 20.8 Å². The number of rotatable bonds is 12. The van der Waals surface area contributed by atoms with Gasteiger partial charge >= 0.3 is 6.18 Å². The number of pyridine rings is 1. The molecule has 0 spiro atoms. The smallest absolute Gasteiger partial charge is 0.383 e. The van der Waals surface area contributed by atoms with Crippen molar-refractivity contribution in [3.63, 3.8) is 0 Å². The third kappa shape index (κ3) is 7.63. The summed E-state index contributed by atoms with van der Waals surface area (Å²) in [7, 11) is -0.989. The van der Waals surface area contributed by atoms with Crippen LogP contribution in [0.3, 0.4) is 0 Å². The maximum Gasteiger partial charge on any atom is 0.435 e. The van der Waals surface area contributed by atoms with Crippen LogP contribution in [0.1, 0.15) is 29.8 Å². The standard InChI is InChI=1S/C30H30Br2F3N7O4S/c1-19-6-8-21(9-7-19)47(44,45)42-16-23(22-13-20(31)14-36-29(22)42)24-15-40(38-28(24)30(33,34)35)10-4-5-27(43)39(2)18-26-25(32)17-41(37-26)11-12-46-3/h6-9,13-17H,4-5,10-12,18H2,1-3H3. The molecule has 0 N–H and O–H groups in total. The summed E-state index contributed by atoms with van der Waals surface area (Å²) in [6.07, 6.45) is 0.954. The average molecular weight is 801 g/mol. The maximum absolute atomic E-state index is 14.3. The SMILES string of the molecule is COCCn1cc(Br)c(CN(C)C(=O)CCCn2cc(-c3cn(S(=O)(=O)c4ccc(C)cc4)c4ncc(Br)cc34)c(C(F)(F)F)n2)n1. The number of aryl methyl sites for hydroxylation is 2. The zero-order valence-electron chi connectivity index (χ0n) is 25.5. The molecule has 1 amide bonds. The molecule has 0 unspecified atom stereocenters. The maximum atomic E-state index is 14.3. The number of carbonyl (C=O) groups excluding carboxylic acids is 1. The predicted octanol–water partition coefficient (Wildman–Crippen LogP) is 6.27. The number of aromatic nitrogens is 6. The Balaban J connectivity index is 1.39. The van der Waals surface area contributed by atoms with Crippen molar-refractivity contribution in [2.24, 2.45) is 0 Å². The van der Waals surface area contributed by atoms with E-state index in [1.54, 1.807) is 37.2 Å². The lowest BCUT2D eigenvalue weighted by Crippen LogP contribution is -2.26. The van der Waals surface area contributed by atoms with Gasteiger partial charge < -0.3 is 9.64 Å². The van der Waals surface area contributed by atoms with Crippen LogP contribution in [-0.2, 0) is 45.4 Å². The van der Waals surface area contributed by atoms with Gasteiger partial charge in [-0.3, -0.25) is 14.2 Å². The molecule has 1 aromatic carbocycles. The number of benzene rings is 1. The summed E-state index contributed by atoms with van der Waals surface area (Å²) in [6.45, 7) is 3.10. The lowest BCUT2D eigenvalue weighted by Gasteiger charge is -2.16. The van der Waals surface area contributed by atoms with Crippen molar-refractivity contribution in [3.05, 3.63) is 81.0 Å². The van der Waals surface area contributed by atoms with E-state index in [0.29, 0.717) is 23.3 Å². The van der Waals surface area contributed by atoms with E-state index < -0.39 is 21.9 Å². The Kier molecular flexibility index (Phi) is 10.3. The highest BCUT2D eigenvalue weighted by molar-refractivity contribution is 9.10. The van der Waals surface area contributed by atoms with Gasteiger partial charge in [0.05, 0.1) is 34.8 Å². The molecule has 4 heterocycles. The molecule has 250 valence electrons. The highest BCUT2D eigenvalue weighted by Crippen LogP contribution is 2.40. The fraction of sp³-hybridized carbons (Fsp3) is 0.333. The Labute approximate surface area is 285 Å². The average Bonchev–Trinajstić information content (AvgIpc) is 3.71. The van der Waals surface area contributed by atoms with Crippen LogP contribution in [0.2, 0.25) is 0 Å². The van der Waals surface area contributed by atoms with Crippen molar-refractivity contribution in [2.45, 2.75) is 50.5 Å². The van der Waals surface area contributed by atoms with Gasteiger partial charge in [-0.15, -0.1) is 0 Å². The second-order valence-corrected chi connectivity index (χ2v) is 14.5. The fourth-order valence-electron chi connectivity index (χ4n) is 4.96. The van der Waals surface area contributed by atoms with Crippen LogP contribution in [0, 0.1) is 6.92 Å². The van der Waals surface area contributed by atoms with Gasteiger partial charge in [-0.05, 0) is 63.4 Å². The Morgan fingerprint density at radius 1 is 1.02 bits per heavy atom. The molecule has 17 heteroatoms. The molecule has 0 fully saturated rings. The Bertz CT molecular complexity index is 2020. The second-order valence-electron chi connectivity index (χ2n) is 10.9. The molecule has 5 rings (SSSR count). The number of amides is 1. The first-order valence-electron chi connectivity index (χ1n) is 14.3. The van der Waals surface area contributed by atoms with Gasteiger partial charge in [0.2, 0.25) is 5.91 Å².